The average molecular weight is 447 g/mol. The summed E-state index contributed by atoms with van der Waals surface area (Å²) in [4.78, 5) is 22.5. The average Bonchev–Trinajstić information content (AvgIpc) is 3.10. The molecule has 1 unspecified atom stereocenters. The highest BCUT2D eigenvalue weighted by atomic mass is 16.5. The summed E-state index contributed by atoms with van der Waals surface area (Å²) in [5, 5.41) is 7.49. The number of fused-ring (bicyclic) bond motifs is 2. The quantitative estimate of drug-likeness (QED) is 0.419. The first-order valence-corrected chi connectivity index (χ1v) is 10.6. The fourth-order valence-electron chi connectivity index (χ4n) is 3.44. The van der Waals surface area contributed by atoms with Gasteiger partial charge in [0, 0.05) is 6.04 Å². The smallest absolute Gasteiger partial charge is 0.257 e. The highest BCUT2D eigenvalue weighted by Gasteiger charge is 2.24. The van der Waals surface area contributed by atoms with Crippen LogP contribution in [0.2, 0.25) is 0 Å². The molecule has 1 amide bonds. The maximum atomic E-state index is 13.1. The van der Waals surface area contributed by atoms with Crippen molar-refractivity contribution in [3.05, 3.63) is 53.6 Å². The molecule has 0 bridgehead atoms. The van der Waals surface area contributed by atoms with Crippen molar-refractivity contribution in [1.29, 1.82) is 0 Å². The molecule has 9 nitrogen and oxygen atoms in total. The number of rotatable bonds is 7. The molecule has 2 heterocycles. The van der Waals surface area contributed by atoms with Crippen LogP contribution in [0, 0.1) is 0 Å². The zero-order valence-electron chi connectivity index (χ0n) is 19.0. The molecule has 9 heteroatoms. The number of nitrogens with one attached hydrogen (secondary N) is 1. The van der Waals surface area contributed by atoms with Gasteiger partial charge >= 0.3 is 0 Å². The van der Waals surface area contributed by atoms with E-state index in [9.17, 15) is 4.79 Å². The Morgan fingerprint density at radius 1 is 1.15 bits per heavy atom. The van der Waals surface area contributed by atoms with Crippen LogP contribution in [-0.2, 0) is 0 Å². The first kappa shape index (κ1) is 22.1. The summed E-state index contributed by atoms with van der Waals surface area (Å²) < 4.78 is 12.1. The SMILES string of the molecule is CCC(C)NC(=O)c1c(N)n(N=Cc2ccc(OC)c(OC)c2)c2nc3ccccc3nc12. The van der Waals surface area contributed by atoms with Crippen LogP contribution in [0.4, 0.5) is 5.82 Å². The van der Waals surface area contributed by atoms with Crippen LogP contribution in [0.5, 0.6) is 11.5 Å². The monoisotopic (exact) mass is 446 g/mol. The fourth-order valence-corrected chi connectivity index (χ4v) is 3.44. The predicted molar refractivity (Wildman–Crippen MR) is 129 cm³/mol. The van der Waals surface area contributed by atoms with E-state index in [4.69, 9.17) is 20.2 Å². The van der Waals surface area contributed by atoms with Crippen molar-refractivity contribution in [2.45, 2.75) is 26.3 Å². The summed E-state index contributed by atoms with van der Waals surface area (Å²) in [6, 6.07) is 12.9. The number of para-hydroxylation sites is 2. The molecule has 3 N–H and O–H groups in total. The Morgan fingerprint density at radius 2 is 1.85 bits per heavy atom. The Labute approximate surface area is 191 Å². The third-order valence-corrected chi connectivity index (χ3v) is 5.42. The van der Waals surface area contributed by atoms with E-state index in [0.29, 0.717) is 33.7 Å². The van der Waals surface area contributed by atoms with Gasteiger partial charge in [0.05, 0.1) is 31.5 Å². The number of hydrogen-bond donors (Lipinski definition) is 2. The lowest BCUT2D eigenvalue weighted by molar-refractivity contribution is 0.0941. The molecule has 2 aromatic carbocycles. The van der Waals surface area contributed by atoms with Crippen molar-refractivity contribution >= 4 is 40.1 Å². The minimum atomic E-state index is -0.309. The first-order chi connectivity index (χ1) is 16.0. The molecule has 170 valence electrons. The summed E-state index contributed by atoms with van der Waals surface area (Å²) in [7, 11) is 3.15. The molecular formula is C24H26N6O3. The Morgan fingerprint density at radius 3 is 2.52 bits per heavy atom. The van der Waals surface area contributed by atoms with Crippen LogP contribution in [-0.4, -0.2) is 47.0 Å². The zero-order chi connectivity index (χ0) is 23.5. The molecule has 33 heavy (non-hydrogen) atoms. The molecule has 0 radical (unpaired) electrons. The number of hydrogen-bond acceptors (Lipinski definition) is 7. The molecule has 0 saturated carbocycles. The first-order valence-electron chi connectivity index (χ1n) is 10.6. The number of anilines is 1. The van der Waals surface area contributed by atoms with Gasteiger partial charge in [-0.05, 0) is 49.2 Å². The summed E-state index contributed by atoms with van der Waals surface area (Å²) in [5.74, 6) is 1.04. The molecule has 0 spiro atoms. The number of carbonyl (C=O) groups excluding carboxylic acids is 1. The van der Waals surface area contributed by atoms with Crippen LogP contribution in [0.15, 0.2) is 47.6 Å². The van der Waals surface area contributed by atoms with Crippen molar-refractivity contribution in [2.75, 3.05) is 20.0 Å². The van der Waals surface area contributed by atoms with Gasteiger partial charge in [-0.2, -0.15) is 9.78 Å². The molecular weight excluding hydrogens is 420 g/mol. The Bertz CT molecular complexity index is 1360. The number of nitrogens with two attached hydrogens (primary N) is 1. The molecule has 0 fully saturated rings. The van der Waals surface area contributed by atoms with Crippen LogP contribution < -0.4 is 20.5 Å². The molecule has 1 atom stereocenters. The van der Waals surface area contributed by atoms with Gasteiger partial charge in [-0.3, -0.25) is 4.79 Å². The van der Waals surface area contributed by atoms with Crippen LogP contribution in [0.3, 0.4) is 0 Å². The number of amides is 1. The van der Waals surface area contributed by atoms with E-state index in [1.807, 2.05) is 44.2 Å². The fraction of sp³-hybridized carbons (Fsp3) is 0.250. The maximum absolute atomic E-state index is 13.1. The van der Waals surface area contributed by atoms with E-state index in [0.717, 1.165) is 12.0 Å². The Balaban J connectivity index is 1.87. The van der Waals surface area contributed by atoms with Gasteiger partial charge in [-0.25, -0.2) is 9.97 Å². The van der Waals surface area contributed by atoms with Gasteiger partial charge in [0.15, 0.2) is 17.1 Å². The van der Waals surface area contributed by atoms with Gasteiger partial charge in [-0.15, -0.1) is 0 Å². The Kier molecular flexibility index (Phi) is 6.12. The molecule has 4 rings (SSSR count). The zero-order valence-corrected chi connectivity index (χ0v) is 19.0. The van der Waals surface area contributed by atoms with E-state index >= 15 is 0 Å². The number of nitrogen functional groups attached to an aromatic ring is 1. The number of nitrogens with zero attached hydrogens (tertiary/aromatic N) is 4. The lowest BCUT2D eigenvalue weighted by atomic mass is 10.2. The number of methoxy groups -OCH3 is 2. The summed E-state index contributed by atoms with van der Waals surface area (Å²) >= 11 is 0. The van der Waals surface area contributed by atoms with Crippen LogP contribution >= 0.6 is 0 Å². The van der Waals surface area contributed by atoms with Crippen LogP contribution in [0.25, 0.3) is 22.2 Å². The number of ether oxygens (including phenoxy) is 2. The van der Waals surface area contributed by atoms with E-state index in [1.165, 1.54) is 4.68 Å². The third-order valence-electron chi connectivity index (χ3n) is 5.42. The number of carbonyl (C=O) groups is 1. The van der Waals surface area contributed by atoms with Crippen LogP contribution in [0.1, 0.15) is 36.2 Å². The Hall–Kier alpha value is -4.14. The molecule has 4 aromatic rings. The highest BCUT2D eigenvalue weighted by Crippen LogP contribution is 2.29. The van der Waals surface area contributed by atoms with Crippen molar-refractivity contribution in [1.82, 2.24) is 20.0 Å². The second-order valence-corrected chi connectivity index (χ2v) is 7.60. The number of aromatic nitrogens is 3. The summed E-state index contributed by atoms with van der Waals surface area (Å²) in [6.07, 6.45) is 2.40. The van der Waals surface area contributed by atoms with Gasteiger partial charge < -0.3 is 20.5 Å². The molecule has 0 aliphatic carbocycles. The van der Waals surface area contributed by atoms with Gasteiger partial charge in [-0.1, -0.05) is 19.1 Å². The van der Waals surface area contributed by atoms with Crippen molar-refractivity contribution in [3.63, 3.8) is 0 Å². The standard InChI is InChI=1S/C24H26N6O3/c1-5-14(2)27-24(31)20-21-23(29-17-9-7-6-8-16(17)28-21)30(22(20)25)26-13-15-10-11-18(32-3)19(12-15)33-4/h6-14H,5,25H2,1-4H3,(H,27,31). The molecule has 0 aliphatic heterocycles. The second kappa shape index (κ2) is 9.15. The second-order valence-electron chi connectivity index (χ2n) is 7.60. The van der Waals surface area contributed by atoms with E-state index in [-0.39, 0.29) is 23.3 Å². The maximum Gasteiger partial charge on any atom is 0.257 e. The van der Waals surface area contributed by atoms with E-state index < -0.39 is 0 Å². The van der Waals surface area contributed by atoms with Crippen molar-refractivity contribution in [3.8, 4) is 11.5 Å². The highest BCUT2D eigenvalue weighted by molar-refractivity contribution is 6.10. The van der Waals surface area contributed by atoms with Crippen molar-refractivity contribution < 1.29 is 14.3 Å². The molecule has 0 aliphatic rings. The lowest BCUT2D eigenvalue weighted by Gasteiger charge is -2.11. The van der Waals surface area contributed by atoms with Gasteiger partial charge in [0.25, 0.3) is 5.91 Å². The van der Waals surface area contributed by atoms with E-state index in [1.54, 1.807) is 32.6 Å². The lowest BCUT2D eigenvalue weighted by Crippen LogP contribution is -2.32. The predicted octanol–water partition coefficient (Wildman–Crippen LogP) is 3.59. The summed E-state index contributed by atoms with van der Waals surface area (Å²) in [5.41, 5.74) is 9.59. The minimum Gasteiger partial charge on any atom is -0.493 e. The van der Waals surface area contributed by atoms with Gasteiger partial charge in [0.1, 0.15) is 16.9 Å². The molecule has 2 aromatic heterocycles. The minimum absolute atomic E-state index is 0.0148. The normalized spacial score (nSPS) is 12.4. The largest absolute Gasteiger partial charge is 0.493 e. The van der Waals surface area contributed by atoms with Crippen molar-refractivity contribution in [2.24, 2.45) is 5.10 Å². The topological polar surface area (TPSA) is 117 Å². The molecule has 0 saturated heterocycles. The summed E-state index contributed by atoms with van der Waals surface area (Å²) in [6.45, 7) is 3.93. The van der Waals surface area contributed by atoms with E-state index in [2.05, 4.69) is 15.4 Å². The van der Waals surface area contributed by atoms with Gasteiger partial charge in [0.2, 0.25) is 0 Å². The number of benzene rings is 2. The third kappa shape index (κ3) is 4.17.